The molecule has 1 unspecified atom stereocenters. The second-order valence-electron chi connectivity index (χ2n) is 8.09. The van der Waals surface area contributed by atoms with Crippen molar-refractivity contribution in [2.45, 2.75) is 36.7 Å². The molecular weight excluding hydrogens is 354 g/mol. The van der Waals surface area contributed by atoms with Gasteiger partial charge in [-0.05, 0) is 41.5 Å². The van der Waals surface area contributed by atoms with Gasteiger partial charge in [0.15, 0.2) is 0 Å². The molecule has 1 fully saturated rings. The molecule has 1 heterocycles. The molecule has 1 saturated heterocycles. The van der Waals surface area contributed by atoms with Crippen molar-refractivity contribution in [3.8, 4) is 0 Å². The molecule has 0 N–H and O–H groups in total. The van der Waals surface area contributed by atoms with E-state index in [1.165, 1.54) is 12.8 Å². The molecule has 0 saturated carbocycles. The van der Waals surface area contributed by atoms with Crippen molar-refractivity contribution in [2.24, 2.45) is 0 Å². The van der Waals surface area contributed by atoms with Crippen molar-refractivity contribution in [3.05, 3.63) is 83.4 Å². The first-order valence-electron chi connectivity index (χ1n) is 9.95. The summed E-state index contributed by atoms with van der Waals surface area (Å²) in [6, 6.07) is 18.3. The van der Waals surface area contributed by atoms with Gasteiger partial charge in [0.05, 0.1) is 12.7 Å². The fourth-order valence-corrected chi connectivity index (χ4v) is 5.72. The van der Waals surface area contributed by atoms with Gasteiger partial charge in [-0.15, -0.1) is 19.0 Å². The Morgan fingerprint density at radius 1 is 1.07 bits per heavy atom. The van der Waals surface area contributed by atoms with Crippen molar-refractivity contribution >= 4 is 12.4 Å². The highest BCUT2D eigenvalue weighted by Gasteiger charge is 2.49. The van der Waals surface area contributed by atoms with E-state index in [0.29, 0.717) is 12.0 Å². The first kappa shape index (κ1) is 18.7. The van der Waals surface area contributed by atoms with Crippen LogP contribution in [0.2, 0.25) is 0 Å². The smallest absolute Gasteiger partial charge is 0.0714 e. The lowest BCUT2D eigenvalue weighted by Gasteiger charge is -2.51. The molecule has 2 aromatic carbocycles. The Morgan fingerprint density at radius 2 is 1.74 bits per heavy atom. The summed E-state index contributed by atoms with van der Waals surface area (Å²) >= 11 is 0. The van der Waals surface area contributed by atoms with Crippen LogP contribution in [0.3, 0.4) is 0 Å². The molecule has 2 aromatic rings. The van der Waals surface area contributed by atoms with E-state index in [0.717, 1.165) is 32.7 Å². The van der Waals surface area contributed by atoms with E-state index >= 15 is 0 Å². The molecule has 2 bridgehead atoms. The van der Waals surface area contributed by atoms with Crippen LogP contribution in [-0.4, -0.2) is 37.2 Å². The number of halogens is 1. The second-order valence-corrected chi connectivity index (χ2v) is 8.09. The summed E-state index contributed by atoms with van der Waals surface area (Å²) in [6.07, 6.45) is 5.89. The van der Waals surface area contributed by atoms with Crippen LogP contribution in [0, 0.1) is 0 Å². The Kier molecular flexibility index (Phi) is 5.15. The lowest BCUT2D eigenvalue weighted by atomic mass is 9.53. The van der Waals surface area contributed by atoms with Crippen molar-refractivity contribution in [1.29, 1.82) is 0 Å². The second kappa shape index (κ2) is 7.43. The van der Waals surface area contributed by atoms with E-state index in [1.54, 1.807) is 22.3 Å². The third kappa shape index (κ3) is 2.95. The summed E-state index contributed by atoms with van der Waals surface area (Å²) in [5.74, 6) is 0.578. The monoisotopic (exact) mass is 381 g/mol. The van der Waals surface area contributed by atoms with Crippen LogP contribution in [0.5, 0.6) is 0 Å². The van der Waals surface area contributed by atoms with Gasteiger partial charge in [-0.3, -0.25) is 4.90 Å². The minimum Gasteiger partial charge on any atom is -0.376 e. The first-order valence-corrected chi connectivity index (χ1v) is 9.95. The summed E-state index contributed by atoms with van der Waals surface area (Å²) in [5, 5.41) is 0. The van der Waals surface area contributed by atoms with E-state index in [2.05, 4.69) is 60.0 Å². The Morgan fingerprint density at radius 3 is 2.41 bits per heavy atom. The zero-order chi connectivity index (χ0) is 17.6. The van der Waals surface area contributed by atoms with Gasteiger partial charge >= 0.3 is 0 Å². The van der Waals surface area contributed by atoms with Gasteiger partial charge in [0.2, 0.25) is 0 Å². The minimum absolute atomic E-state index is 0. The van der Waals surface area contributed by atoms with Crippen LogP contribution >= 0.6 is 12.4 Å². The summed E-state index contributed by atoms with van der Waals surface area (Å²) in [4.78, 5) is 2.48. The molecule has 1 aliphatic heterocycles. The molecule has 0 amide bonds. The molecule has 1 atom stereocenters. The van der Waals surface area contributed by atoms with Crippen molar-refractivity contribution in [2.75, 3.05) is 26.2 Å². The van der Waals surface area contributed by atoms with Crippen molar-refractivity contribution < 1.29 is 4.74 Å². The van der Waals surface area contributed by atoms with Crippen molar-refractivity contribution in [1.82, 2.24) is 4.90 Å². The largest absolute Gasteiger partial charge is 0.376 e. The Hall–Kier alpha value is -1.61. The summed E-state index contributed by atoms with van der Waals surface area (Å²) in [6.45, 7) is 7.74. The van der Waals surface area contributed by atoms with Gasteiger partial charge in [-0.2, -0.15) is 0 Å². The van der Waals surface area contributed by atoms with E-state index in [1.807, 2.05) is 6.08 Å². The number of fused-ring (bicyclic) bond motifs is 1. The number of hydrogen-bond acceptors (Lipinski definition) is 2. The number of nitrogens with zero attached hydrogens (tertiary/aromatic N) is 1. The van der Waals surface area contributed by atoms with E-state index in [4.69, 9.17) is 4.74 Å². The van der Waals surface area contributed by atoms with Gasteiger partial charge in [0.1, 0.15) is 0 Å². The van der Waals surface area contributed by atoms with Gasteiger partial charge < -0.3 is 4.74 Å². The molecule has 27 heavy (non-hydrogen) atoms. The summed E-state index contributed by atoms with van der Waals surface area (Å²) in [7, 11) is 0. The SMILES string of the molecule is C=CCN1CCOC(CC23CCC(c4ccccc42)c2ccccc23)C1.Cl. The molecule has 4 aliphatic rings. The fraction of sp³-hybridized carbons (Fsp3) is 0.417. The number of ether oxygens (including phenoxy) is 1. The Balaban J connectivity index is 0.00000180. The molecule has 0 aromatic heterocycles. The van der Waals surface area contributed by atoms with E-state index < -0.39 is 0 Å². The normalized spacial score (nSPS) is 28.7. The Bertz CT molecular complexity index is 785. The number of benzene rings is 2. The van der Waals surface area contributed by atoms with Gasteiger partial charge in [0, 0.05) is 31.0 Å². The zero-order valence-corrected chi connectivity index (χ0v) is 16.6. The lowest BCUT2D eigenvalue weighted by molar-refractivity contribution is -0.0382. The first-order chi connectivity index (χ1) is 12.8. The van der Waals surface area contributed by atoms with Crippen molar-refractivity contribution in [3.63, 3.8) is 0 Å². The molecule has 3 heteroatoms. The van der Waals surface area contributed by atoms with Crippen LogP contribution in [0.25, 0.3) is 0 Å². The Labute approximate surface area is 168 Å². The third-order valence-corrected chi connectivity index (χ3v) is 6.75. The molecular formula is C24H28ClNO. The maximum atomic E-state index is 6.26. The average Bonchev–Trinajstić information content (AvgIpc) is 2.69. The molecule has 0 radical (unpaired) electrons. The maximum Gasteiger partial charge on any atom is 0.0714 e. The standard InChI is InChI=1S/C24H27NO.ClH/c1-2-13-25-14-15-26-18(17-25)16-24-12-11-19(20-7-3-5-9-22(20)24)21-8-4-6-10-23(21)24;/h2-10,18-19H,1,11-17H2;1H. The highest BCUT2D eigenvalue weighted by atomic mass is 35.5. The average molecular weight is 382 g/mol. The van der Waals surface area contributed by atoms with Gasteiger partial charge in [-0.25, -0.2) is 0 Å². The predicted molar refractivity (Wildman–Crippen MR) is 113 cm³/mol. The molecule has 0 spiro atoms. The third-order valence-electron chi connectivity index (χ3n) is 6.75. The quantitative estimate of drug-likeness (QED) is 0.697. The zero-order valence-electron chi connectivity index (χ0n) is 15.8. The number of rotatable bonds is 4. The highest BCUT2D eigenvalue weighted by molar-refractivity contribution is 5.85. The fourth-order valence-electron chi connectivity index (χ4n) is 5.72. The van der Waals surface area contributed by atoms with Crippen LogP contribution in [0.4, 0.5) is 0 Å². The number of morpholine rings is 1. The predicted octanol–water partition coefficient (Wildman–Crippen LogP) is 4.91. The van der Waals surface area contributed by atoms with E-state index in [9.17, 15) is 0 Å². The summed E-state index contributed by atoms with van der Waals surface area (Å²) in [5.41, 5.74) is 6.33. The molecule has 3 aliphatic carbocycles. The van der Waals surface area contributed by atoms with E-state index in [-0.39, 0.29) is 17.8 Å². The van der Waals surface area contributed by atoms with Gasteiger partial charge in [-0.1, -0.05) is 54.6 Å². The van der Waals surface area contributed by atoms with Gasteiger partial charge in [0.25, 0.3) is 0 Å². The molecule has 2 nitrogen and oxygen atoms in total. The lowest BCUT2D eigenvalue weighted by Crippen LogP contribution is -2.48. The maximum absolute atomic E-state index is 6.26. The minimum atomic E-state index is 0. The van der Waals surface area contributed by atoms with Crippen LogP contribution < -0.4 is 0 Å². The number of hydrogen-bond donors (Lipinski definition) is 0. The van der Waals surface area contributed by atoms with Crippen LogP contribution in [0.1, 0.15) is 47.4 Å². The molecule has 142 valence electrons. The van der Waals surface area contributed by atoms with Crippen LogP contribution in [-0.2, 0) is 10.2 Å². The highest BCUT2D eigenvalue weighted by Crippen LogP contribution is 2.58. The van der Waals surface area contributed by atoms with Crippen LogP contribution in [0.15, 0.2) is 61.2 Å². The molecule has 6 rings (SSSR count). The topological polar surface area (TPSA) is 12.5 Å². The summed E-state index contributed by atoms with van der Waals surface area (Å²) < 4.78 is 6.26.